The second kappa shape index (κ2) is 7.44. The Kier molecular flexibility index (Phi) is 4.88. The summed E-state index contributed by atoms with van der Waals surface area (Å²) in [5.41, 5.74) is 1.80. The average molecular weight is 358 g/mol. The first kappa shape index (κ1) is 16.4. The smallest absolute Gasteiger partial charge is 0.231 e. The minimum atomic E-state index is 0.0668. The molecule has 1 saturated carbocycles. The van der Waals surface area contributed by atoms with Gasteiger partial charge in [0.1, 0.15) is 0 Å². The number of thiazole rings is 1. The van der Waals surface area contributed by atoms with E-state index < -0.39 is 0 Å². The predicted molar refractivity (Wildman–Crippen MR) is 98.1 cm³/mol. The summed E-state index contributed by atoms with van der Waals surface area (Å²) in [5, 5.41) is 5.54. The van der Waals surface area contributed by atoms with Crippen molar-refractivity contribution in [2.45, 2.75) is 44.9 Å². The molecule has 4 rings (SSSR count). The van der Waals surface area contributed by atoms with Crippen molar-refractivity contribution in [3.63, 3.8) is 0 Å². The molecular weight excluding hydrogens is 336 g/mol. The number of rotatable bonds is 5. The third-order valence-corrected chi connectivity index (χ3v) is 5.68. The monoisotopic (exact) mass is 358 g/mol. The van der Waals surface area contributed by atoms with Crippen molar-refractivity contribution in [3.05, 3.63) is 23.6 Å². The van der Waals surface area contributed by atoms with Gasteiger partial charge in [-0.15, -0.1) is 11.3 Å². The highest BCUT2D eigenvalue weighted by Crippen LogP contribution is 2.36. The Labute approximate surface area is 151 Å². The van der Waals surface area contributed by atoms with Crippen LogP contribution >= 0.6 is 11.3 Å². The quantitative estimate of drug-likeness (QED) is 0.831. The van der Waals surface area contributed by atoms with Crippen LogP contribution in [0.2, 0.25) is 0 Å². The highest BCUT2D eigenvalue weighted by Gasteiger charge is 2.17. The van der Waals surface area contributed by atoms with E-state index in [-0.39, 0.29) is 12.7 Å². The number of nitrogens with zero attached hydrogens (tertiary/aromatic N) is 1. The molecule has 0 bridgehead atoms. The molecule has 1 fully saturated rings. The van der Waals surface area contributed by atoms with Crippen LogP contribution < -0.4 is 14.8 Å². The second-order valence-electron chi connectivity index (χ2n) is 6.70. The summed E-state index contributed by atoms with van der Waals surface area (Å²) in [4.78, 5) is 16.7. The maximum absolute atomic E-state index is 12.2. The third kappa shape index (κ3) is 3.95. The lowest BCUT2D eigenvalue weighted by Gasteiger charge is -2.20. The van der Waals surface area contributed by atoms with Crippen LogP contribution in [0.15, 0.2) is 23.6 Å². The Balaban J connectivity index is 1.34. The summed E-state index contributed by atoms with van der Waals surface area (Å²) in [6, 6.07) is 5.77. The van der Waals surface area contributed by atoms with Crippen molar-refractivity contribution < 1.29 is 14.3 Å². The number of amides is 1. The van der Waals surface area contributed by atoms with Gasteiger partial charge in [-0.3, -0.25) is 4.79 Å². The molecule has 1 aromatic heterocycles. The van der Waals surface area contributed by atoms with E-state index in [1.165, 1.54) is 43.4 Å². The first-order valence-corrected chi connectivity index (χ1v) is 9.81. The van der Waals surface area contributed by atoms with E-state index in [0.29, 0.717) is 11.6 Å². The van der Waals surface area contributed by atoms with Crippen LogP contribution in [0.5, 0.6) is 11.5 Å². The molecule has 0 saturated heterocycles. The van der Waals surface area contributed by atoms with Crippen LogP contribution in [0.4, 0.5) is 5.13 Å². The average Bonchev–Trinajstić information content (AvgIpc) is 3.29. The fourth-order valence-corrected chi connectivity index (χ4v) is 4.25. The zero-order chi connectivity index (χ0) is 17.1. The molecule has 0 unspecified atom stereocenters. The van der Waals surface area contributed by atoms with E-state index in [9.17, 15) is 4.79 Å². The lowest BCUT2D eigenvalue weighted by atomic mass is 9.86. The summed E-state index contributed by atoms with van der Waals surface area (Å²) >= 11 is 1.45. The van der Waals surface area contributed by atoms with Crippen molar-refractivity contribution >= 4 is 22.4 Å². The molecule has 6 heteroatoms. The molecule has 1 aromatic carbocycles. The number of nitrogens with one attached hydrogen (secondary N) is 1. The van der Waals surface area contributed by atoms with Gasteiger partial charge in [0, 0.05) is 17.4 Å². The number of anilines is 1. The summed E-state index contributed by atoms with van der Waals surface area (Å²) in [7, 11) is 0. The Morgan fingerprint density at radius 3 is 2.92 bits per heavy atom. The minimum absolute atomic E-state index is 0.0668. The lowest BCUT2D eigenvalue weighted by Crippen LogP contribution is -2.14. The number of carbonyl (C=O) groups is 1. The summed E-state index contributed by atoms with van der Waals surface area (Å²) in [6.07, 6.45) is 8.12. The highest BCUT2D eigenvalue weighted by molar-refractivity contribution is 7.14. The number of carbonyl (C=O) groups excluding carboxylic acids is 1. The van der Waals surface area contributed by atoms with Gasteiger partial charge in [-0.2, -0.15) is 0 Å². The second-order valence-corrected chi connectivity index (χ2v) is 7.55. The molecule has 2 aliphatic rings. The van der Waals surface area contributed by atoms with E-state index >= 15 is 0 Å². The van der Waals surface area contributed by atoms with E-state index in [1.807, 2.05) is 23.6 Å². The van der Waals surface area contributed by atoms with Crippen LogP contribution in [-0.4, -0.2) is 17.7 Å². The van der Waals surface area contributed by atoms with Gasteiger partial charge < -0.3 is 14.8 Å². The molecule has 1 aliphatic heterocycles. The maximum Gasteiger partial charge on any atom is 0.231 e. The zero-order valence-corrected chi connectivity index (χ0v) is 14.9. The molecular formula is C19H22N2O3S. The predicted octanol–water partition coefficient (Wildman–Crippen LogP) is 4.84. The molecule has 0 atom stereocenters. The summed E-state index contributed by atoms with van der Waals surface area (Å²) in [5.74, 6) is 2.29. The van der Waals surface area contributed by atoms with Crippen LogP contribution in [0, 0.1) is 5.92 Å². The Hall–Kier alpha value is -2.08. The molecule has 0 radical (unpaired) electrons. The van der Waals surface area contributed by atoms with Crippen LogP contribution in [0.25, 0.3) is 11.3 Å². The van der Waals surface area contributed by atoms with Crippen molar-refractivity contribution in [2.24, 2.45) is 5.92 Å². The van der Waals surface area contributed by atoms with Crippen LogP contribution in [-0.2, 0) is 4.79 Å². The van der Waals surface area contributed by atoms with Crippen LogP contribution in [0.1, 0.15) is 44.9 Å². The van der Waals surface area contributed by atoms with E-state index in [1.54, 1.807) is 0 Å². The molecule has 0 spiro atoms. The van der Waals surface area contributed by atoms with E-state index in [4.69, 9.17) is 9.47 Å². The summed E-state index contributed by atoms with van der Waals surface area (Å²) < 4.78 is 10.7. The number of fused-ring (bicyclic) bond motifs is 1. The number of aromatic nitrogens is 1. The fraction of sp³-hybridized carbons (Fsp3) is 0.474. The Morgan fingerprint density at radius 2 is 2.04 bits per heavy atom. The van der Waals surface area contributed by atoms with Gasteiger partial charge in [0.2, 0.25) is 12.7 Å². The number of hydrogen-bond acceptors (Lipinski definition) is 5. The van der Waals surface area contributed by atoms with Gasteiger partial charge >= 0.3 is 0 Å². The SMILES string of the molecule is O=C(CCC1CCCCC1)Nc1nc(-c2ccc3c(c2)OCO3)cs1. The third-order valence-electron chi connectivity index (χ3n) is 4.92. The van der Waals surface area contributed by atoms with Gasteiger partial charge in [-0.05, 0) is 30.5 Å². The molecule has 1 aliphatic carbocycles. The van der Waals surface area contributed by atoms with Gasteiger partial charge in [0.15, 0.2) is 16.6 Å². The topological polar surface area (TPSA) is 60.5 Å². The van der Waals surface area contributed by atoms with Crippen LogP contribution in [0.3, 0.4) is 0 Å². The number of benzene rings is 1. The number of hydrogen-bond donors (Lipinski definition) is 1. The fourth-order valence-electron chi connectivity index (χ4n) is 3.51. The Morgan fingerprint density at radius 1 is 1.20 bits per heavy atom. The molecule has 1 N–H and O–H groups in total. The standard InChI is InChI=1S/C19H22N2O3S/c22-18(9-6-13-4-2-1-3-5-13)21-19-20-15(11-25-19)14-7-8-16-17(10-14)24-12-23-16/h7-8,10-11,13H,1-6,9,12H2,(H,20,21,22). The van der Waals surface area contributed by atoms with Gasteiger partial charge in [0.25, 0.3) is 0 Å². The van der Waals surface area contributed by atoms with Crippen molar-refractivity contribution in [3.8, 4) is 22.8 Å². The minimum Gasteiger partial charge on any atom is -0.454 e. The maximum atomic E-state index is 12.2. The number of ether oxygens (including phenoxy) is 2. The van der Waals surface area contributed by atoms with E-state index in [0.717, 1.165) is 35.1 Å². The van der Waals surface area contributed by atoms with Gasteiger partial charge in [-0.25, -0.2) is 4.98 Å². The molecule has 25 heavy (non-hydrogen) atoms. The largest absolute Gasteiger partial charge is 0.454 e. The molecule has 132 valence electrons. The lowest BCUT2D eigenvalue weighted by molar-refractivity contribution is -0.116. The first-order valence-electron chi connectivity index (χ1n) is 8.93. The highest BCUT2D eigenvalue weighted by atomic mass is 32.1. The van der Waals surface area contributed by atoms with Crippen molar-refractivity contribution in [1.29, 1.82) is 0 Å². The Bertz CT molecular complexity index is 753. The normalized spacial score (nSPS) is 16.8. The van der Waals surface area contributed by atoms with Gasteiger partial charge in [-0.1, -0.05) is 32.1 Å². The molecule has 1 amide bonds. The zero-order valence-electron chi connectivity index (χ0n) is 14.1. The molecule has 5 nitrogen and oxygen atoms in total. The first-order chi connectivity index (χ1) is 12.3. The summed E-state index contributed by atoms with van der Waals surface area (Å²) in [6.45, 7) is 0.262. The van der Waals surface area contributed by atoms with Gasteiger partial charge in [0.05, 0.1) is 5.69 Å². The van der Waals surface area contributed by atoms with Crippen molar-refractivity contribution in [1.82, 2.24) is 4.98 Å². The molecule has 2 heterocycles. The molecule has 2 aromatic rings. The van der Waals surface area contributed by atoms with E-state index in [2.05, 4.69) is 10.3 Å². The van der Waals surface area contributed by atoms with Crippen molar-refractivity contribution in [2.75, 3.05) is 12.1 Å².